The Balaban J connectivity index is 0.000000234. The number of aliphatic hydroxyl groups is 1. The molecule has 0 aliphatic carbocycles. The topological polar surface area (TPSA) is 150 Å². The van der Waals surface area contributed by atoms with Crippen LogP contribution < -0.4 is 5.73 Å². The Morgan fingerprint density at radius 1 is 1.24 bits per heavy atom. The maximum Gasteiger partial charge on any atom is 0.162 e. The number of aromatic nitrogens is 4. The number of hydrogen-bond donors (Lipinski definition) is 2. The molecule has 3 heterocycles. The summed E-state index contributed by atoms with van der Waals surface area (Å²) in [4.78, 5) is 13.9. The molecule has 0 aliphatic heterocycles. The van der Waals surface area contributed by atoms with Gasteiger partial charge in [-0.15, -0.1) is 22.7 Å². The molecule has 1 atom stereocenters. The van der Waals surface area contributed by atoms with Gasteiger partial charge in [0.25, 0.3) is 0 Å². The first-order valence-electron chi connectivity index (χ1n) is 8.67. The van der Waals surface area contributed by atoms with Gasteiger partial charge in [-0.25, -0.2) is 9.97 Å². The molecule has 0 saturated carbocycles. The summed E-state index contributed by atoms with van der Waals surface area (Å²) in [5.74, 6) is 0. The summed E-state index contributed by atoms with van der Waals surface area (Å²) in [6.45, 7) is 0. The lowest BCUT2D eigenvalue weighted by Crippen LogP contribution is -2.11. The van der Waals surface area contributed by atoms with E-state index in [9.17, 15) is 5.11 Å². The predicted octanol–water partition coefficient (Wildman–Crippen LogP) is 5.00. The zero-order valence-corrected chi connectivity index (χ0v) is 24.9. The predicted molar refractivity (Wildman–Crippen MR) is 142 cm³/mol. The number of halogens is 4. The second-order valence-electron chi connectivity index (χ2n) is 6.00. The van der Waals surface area contributed by atoms with Crippen LogP contribution in [0.4, 0.5) is 0 Å². The van der Waals surface area contributed by atoms with Crippen LogP contribution in [0, 0.1) is 22.7 Å². The van der Waals surface area contributed by atoms with Crippen LogP contribution in [-0.4, -0.2) is 37.6 Å². The van der Waals surface area contributed by atoms with Gasteiger partial charge in [-0.3, -0.25) is 9.67 Å². The number of nitrogens with zero attached hydrogens (tertiary/aromatic N) is 7. The highest BCUT2D eigenvalue weighted by Gasteiger charge is 2.20. The van der Waals surface area contributed by atoms with Gasteiger partial charge in [-0.1, -0.05) is 0 Å². The Labute approximate surface area is 231 Å². The molecule has 0 radical (unpaired) electrons. The van der Waals surface area contributed by atoms with Gasteiger partial charge in [0, 0.05) is 31.1 Å². The van der Waals surface area contributed by atoms with Crippen molar-refractivity contribution in [3.63, 3.8) is 0 Å². The third kappa shape index (κ3) is 7.78. The zero-order valence-electron chi connectivity index (χ0n) is 16.9. The van der Waals surface area contributed by atoms with Crippen LogP contribution in [0.3, 0.4) is 0 Å². The largest absolute Gasteiger partial charge is 0.390 e. The van der Waals surface area contributed by atoms with E-state index < -0.39 is 6.10 Å². The summed E-state index contributed by atoms with van der Waals surface area (Å²) in [7, 11) is 3.35. The van der Waals surface area contributed by atoms with Crippen LogP contribution >= 0.6 is 86.4 Å². The fraction of sp³-hybridized carbons (Fsp3) is 0.222. The molecule has 15 heteroatoms. The summed E-state index contributed by atoms with van der Waals surface area (Å²) in [5, 5.41) is 31.5. The van der Waals surface area contributed by atoms with E-state index >= 15 is 0 Å². The summed E-state index contributed by atoms with van der Waals surface area (Å²) in [5.41, 5.74) is 7.12. The van der Waals surface area contributed by atoms with Crippen LogP contribution in [0.15, 0.2) is 39.9 Å². The van der Waals surface area contributed by atoms with E-state index in [1.807, 2.05) is 13.1 Å². The van der Waals surface area contributed by atoms with Crippen molar-refractivity contribution in [1.29, 1.82) is 10.5 Å². The lowest BCUT2D eigenvalue weighted by atomic mass is 10.1. The maximum absolute atomic E-state index is 10.1. The molecule has 9 nitrogen and oxygen atoms in total. The first kappa shape index (κ1) is 27.8. The first-order chi connectivity index (χ1) is 15.6. The lowest BCUT2D eigenvalue weighted by Gasteiger charge is -2.08. The van der Waals surface area contributed by atoms with Crippen LogP contribution in [0.25, 0.3) is 0 Å². The van der Waals surface area contributed by atoms with Gasteiger partial charge in [0.15, 0.2) is 13.5 Å². The van der Waals surface area contributed by atoms with Crippen molar-refractivity contribution >= 4 is 92.1 Å². The van der Waals surface area contributed by atoms with Crippen LogP contribution in [0.2, 0.25) is 0 Å². The van der Waals surface area contributed by atoms with Gasteiger partial charge in [0.05, 0.1) is 10.6 Å². The second-order valence-corrected chi connectivity index (χ2v) is 12.2. The van der Waals surface area contributed by atoms with Crippen molar-refractivity contribution in [2.45, 2.75) is 12.5 Å². The molecule has 0 fully saturated rings. The van der Waals surface area contributed by atoms with Crippen molar-refractivity contribution in [1.82, 2.24) is 19.7 Å². The molecule has 172 valence electrons. The number of nitrogens with two attached hydrogens (primary N) is 1. The molecule has 0 saturated heterocycles. The van der Waals surface area contributed by atoms with Crippen molar-refractivity contribution in [3.8, 4) is 12.1 Å². The molecule has 3 N–H and O–H groups in total. The van der Waals surface area contributed by atoms with Gasteiger partial charge < -0.3 is 10.8 Å². The average Bonchev–Trinajstić information content (AvgIpc) is 3.41. The number of aliphatic imine (C=N–C) groups is 1. The molecule has 33 heavy (non-hydrogen) atoms. The smallest absolute Gasteiger partial charge is 0.162 e. The number of allylic oxidation sites excluding steroid dienone is 1. The number of hydrogen-bond acceptors (Lipinski definition) is 10. The maximum atomic E-state index is 10.1. The molecule has 0 spiro atoms. The van der Waals surface area contributed by atoms with E-state index in [1.54, 1.807) is 28.2 Å². The fourth-order valence-electron chi connectivity index (χ4n) is 2.35. The fourth-order valence-corrected chi connectivity index (χ4v) is 7.10. The molecule has 0 amide bonds. The van der Waals surface area contributed by atoms with E-state index in [-0.39, 0.29) is 5.70 Å². The minimum Gasteiger partial charge on any atom is -0.390 e. The van der Waals surface area contributed by atoms with Gasteiger partial charge in [0.2, 0.25) is 0 Å². The molecule has 1 unspecified atom stereocenters. The van der Waals surface area contributed by atoms with Gasteiger partial charge >= 0.3 is 0 Å². The Morgan fingerprint density at radius 3 is 2.33 bits per heavy atom. The molecule has 3 rings (SSSR count). The van der Waals surface area contributed by atoms with Gasteiger partial charge in [-0.2, -0.15) is 15.6 Å². The molecular weight excluding hydrogens is 728 g/mol. The minimum atomic E-state index is -0.968. The van der Waals surface area contributed by atoms with E-state index in [0.717, 1.165) is 25.5 Å². The van der Waals surface area contributed by atoms with Crippen molar-refractivity contribution in [2.75, 3.05) is 7.05 Å². The number of nitriles is 2. The number of aliphatic hydroxyl groups excluding tert-OH is 1. The van der Waals surface area contributed by atoms with E-state index in [4.69, 9.17) is 16.3 Å². The van der Waals surface area contributed by atoms with Crippen LogP contribution in [-0.2, 0) is 13.5 Å². The zero-order chi connectivity index (χ0) is 24.7. The number of rotatable bonds is 5. The minimum absolute atomic E-state index is 0.00986. The van der Waals surface area contributed by atoms with Gasteiger partial charge in [0.1, 0.15) is 33.1 Å². The highest BCUT2D eigenvalue weighted by atomic mass is 79.9. The second kappa shape index (κ2) is 12.9. The van der Waals surface area contributed by atoms with Crippen molar-refractivity contribution < 1.29 is 5.11 Å². The standard InChI is InChI=1S/C9H8Br2N4OS.C9H6Br2N4S/c1-14-5(2-4(13)3-12)6(16)7-8(10)15-9(11)17-7;1-15-6(2-5(4-12)14-15)3-7-8(10)13-9(11)16-7/h2,6,16H,13H2,1H3;2H,3H2,1H3. The molecule has 3 aromatic heterocycles. The molecule has 0 aromatic carbocycles. The molecule has 0 bridgehead atoms. The number of aryl methyl sites for hydroxylation is 1. The quantitative estimate of drug-likeness (QED) is 0.276. The third-order valence-corrected chi connectivity index (χ3v) is 8.71. The highest BCUT2D eigenvalue weighted by Crippen LogP contribution is 2.33. The normalized spacial score (nSPS) is 12.5. The Morgan fingerprint density at radius 2 is 1.88 bits per heavy atom. The summed E-state index contributed by atoms with van der Waals surface area (Å²) in [6, 6.07) is 5.59. The lowest BCUT2D eigenvalue weighted by molar-refractivity contribution is 0.251. The van der Waals surface area contributed by atoms with Crippen LogP contribution in [0.5, 0.6) is 0 Å². The summed E-state index contributed by atoms with van der Waals surface area (Å²) >= 11 is 16.0. The number of thiazole rings is 2. The van der Waals surface area contributed by atoms with E-state index in [0.29, 0.717) is 24.8 Å². The van der Waals surface area contributed by atoms with E-state index in [1.165, 1.54) is 24.5 Å². The Bertz CT molecular complexity index is 1280. The molecular formula is C18H14Br4N8OS2. The summed E-state index contributed by atoms with van der Waals surface area (Å²) < 4.78 is 4.58. The average molecular weight is 742 g/mol. The monoisotopic (exact) mass is 738 g/mol. The third-order valence-electron chi connectivity index (χ3n) is 3.86. The van der Waals surface area contributed by atoms with Crippen LogP contribution in [0.1, 0.15) is 27.2 Å². The molecule has 0 aliphatic rings. The highest BCUT2D eigenvalue weighted by molar-refractivity contribution is 9.11. The van der Waals surface area contributed by atoms with Crippen molar-refractivity contribution in [2.24, 2.45) is 17.8 Å². The Kier molecular flexibility index (Phi) is 10.8. The van der Waals surface area contributed by atoms with Crippen molar-refractivity contribution in [3.05, 3.63) is 56.0 Å². The van der Waals surface area contributed by atoms with E-state index in [2.05, 4.69) is 83.8 Å². The molecule has 3 aromatic rings. The summed E-state index contributed by atoms with van der Waals surface area (Å²) in [6.07, 6.45) is 1.09. The first-order valence-corrected chi connectivity index (χ1v) is 13.5. The Hall–Kier alpha value is -1.46. The van der Waals surface area contributed by atoms with Gasteiger partial charge in [-0.05, 0) is 75.9 Å². The SMILES string of the molecule is CN=C(C=C(N)C#N)C(O)c1sc(Br)nc1Br.Cn1nc(C#N)cc1Cc1sc(Br)nc1Br.